The van der Waals surface area contributed by atoms with E-state index in [2.05, 4.69) is 28.2 Å². The molecule has 1 saturated heterocycles. The molecule has 6 nitrogen and oxygen atoms in total. The summed E-state index contributed by atoms with van der Waals surface area (Å²) < 4.78 is 0. The van der Waals surface area contributed by atoms with Gasteiger partial charge in [-0.2, -0.15) is 0 Å². The Morgan fingerprint density at radius 1 is 1.22 bits per heavy atom. The maximum atomic E-state index is 12.3. The molecule has 23 heavy (non-hydrogen) atoms. The van der Waals surface area contributed by atoms with Gasteiger partial charge < -0.3 is 21.3 Å². The number of carbonyl (C=O) groups excluding carboxylic acids is 2. The third-order valence-electron chi connectivity index (χ3n) is 3.78. The van der Waals surface area contributed by atoms with Crippen molar-refractivity contribution in [2.45, 2.75) is 51.7 Å². The van der Waals surface area contributed by atoms with E-state index in [0.29, 0.717) is 17.3 Å². The number of amides is 3. The van der Waals surface area contributed by atoms with E-state index in [9.17, 15) is 9.59 Å². The van der Waals surface area contributed by atoms with Crippen LogP contribution in [0.2, 0.25) is 0 Å². The van der Waals surface area contributed by atoms with Crippen LogP contribution in [-0.4, -0.2) is 36.6 Å². The molecule has 1 aliphatic rings. The first kappa shape index (κ1) is 17.3. The van der Waals surface area contributed by atoms with Gasteiger partial charge >= 0.3 is 6.03 Å². The van der Waals surface area contributed by atoms with Crippen molar-refractivity contribution in [2.75, 3.05) is 11.9 Å². The van der Waals surface area contributed by atoms with Crippen LogP contribution in [0.25, 0.3) is 0 Å². The smallest absolute Gasteiger partial charge is 0.319 e. The lowest BCUT2D eigenvalue weighted by molar-refractivity contribution is 0.0925. The van der Waals surface area contributed by atoms with E-state index in [4.69, 9.17) is 0 Å². The van der Waals surface area contributed by atoms with Crippen LogP contribution in [0.4, 0.5) is 10.5 Å². The number of piperidine rings is 1. The zero-order chi connectivity index (χ0) is 16.8. The molecule has 0 bridgehead atoms. The SMILES string of the molecule is CC(C)NC(=O)Nc1ccc(C(=O)NC2CCNC(C)C2)cc1. The molecule has 0 radical (unpaired) electrons. The van der Waals surface area contributed by atoms with Crippen molar-refractivity contribution in [1.29, 1.82) is 0 Å². The molecule has 0 spiro atoms. The van der Waals surface area contributed by atoms with Crippen LogP contribution in [0.3, 0.4) is 0 Å². The molecule has 0 aliphatic carbocycles. The summed E-state index contributed by atoms with van der Waals surface area (Å²) in [5.74, 6) is -0.0673. The van der Waals surface area contributed by atoms with Gasteiger partial charge in [0, 0.05) is 29.4 Å². The van der Waals surface area contributed by atoms with Crippen LogP contribution in [0, 0.1) is 0 Å². The number of nitrogens with one attached hydrogen (secondary N) is 4. The second-order valence-corrected chi connectivity index (χ2v) is 6.38. The van der Waals surface area contributed by atoms with Gasteiger partial charge in [0.2, 0.25) is 0 Å². The lowest BCUT2D eigenvalue weighted by Gasteiger charge is -2.28. The Labute approximate surface area is 137 Å². The summed E-state index contributed by atoms with van der Waals surface area (Å²) >= 11 is 0. The molecular formula is C17H26N4O2. The second kappa shape index (κ2) is 7.97. The first-order valence-electron chi connectivity index (χ1n) is 8.16. The van der Waals surface area contributed by atoms with Gasteiger partial charge in [0.25, 0.3) is 5.91 Å². The summed E-state index contributed by atoms with van der Waals surface area (Å²) in [6.07, 6.45) is 1.89. The minimum Gasteiger partial charge on any atom is -0.349 e. The average molecular weight is 318 g/mol. The zero-order valence-corrected chi connectivity index (χ0v) is 14.0. The molecule has 1 heterocycles. The maximum Gasteiger partial charge on any atom is 0.319 e. The third kappa shape index (κ3) is 5.56. The monoisotopic (exact) mass is 318 g/mol. The number of carbonyl (C=O) groups is 2. The lowest BCUT2D eigenvalue weighted by Crippen LogP contribution is -2.46. The number of urea groups is 1. The second-order valence-electron chi connectivity index (χ2n) is 6.38. The van der Waals surface area contributed by atoms with Crippen molar-refractivity contribution in [3.8, 4) is 0 Å². The topological polar surface area (TPSA) is 82.3 Å². The Bertz CT molecular complexity index is 542. The quantitative estimate of drug-likeness (QED) is 0.686. The Morgan fingerprint density at radius 3 is 2.52 bits per heavy atom. The van der Waals surface area contributed by atoms with Gasteiger partial charge in [0.1, 0.15) is 0 Å². The van der Waals surface area contributed by atoms with E-state index in [0.717, 1.165) is 19.4 Å². The fraction of sp³-hybridized carbons (Fsp3) is 0.529. The van der Waals surface area contributed by atoms with Gasteiger partial charge in [-0.15, -0.1) is 0 Å². The van der Waals surface area contributed by atoms with Crippen LogP contribution in [0.5, 0.6) is 0 Å². The molecule has 1 fully saturated rings. The fourth-order valence-electron chi connectivity index (χ4n) is 2.67. The van der Waals surface area contributed by atoms with E-state index in [-0.39, 0.29) is 24.0 Å². The van der Waals surface area contributed by atoms with Gasteiger partial charge in [-0.25, -0.2) is 4.79 Å². The summed E-state index contributed by atoms with van der Waals surface area (Å²) in [4.78, 5) is 23.9. The molecule has 0 aromatic heterocycles. The predicted octanol–water partition coefficient (Wildman–Crippen LogP) is 2.09. The molecule has 6 heteroatoms. The van der Waals surface area contributed by atoms with Crippen molar-refractivity contribution in [3.05, 3.63) is 29.8 Å². The first-order chi connectivity index (χ1) is 10.9. The molecule has 1 aromatic rings. The highest BCUT2D eigenvalue weighted by Crippen LogP contribution is 2.12. The van der Waals surface area contributed by atoms with Gasteiger partial charge in [-0.1, -0.05) is 0 Å². The summed E-state index contributed by atoms with van der Waals surface area (Å²) in [5, 5.41) is 11.9. The summed E-state index contributed by atoms with van der Waals surface area (Å²) in [6, 6.07) is 7.40. The van der Waals surface area contributed by atoms with Crippen LogP contribution < -0.4 is 21.3 Å². The average Bonchev–Trinajstić information content (AvgIpc) is 2.47. The van der Waals surface area contributed by atoms with Crippen molar-refractivity contribution < 1.29 is 9.59 Å². The van der Waals surface area contributed by atoms with Gasteiger partial charge in [0.15, 0.2) is 0 Å². The zero-order valence-electron chi connectivity index (χ0n) is 14.0. The number of anilines is 1. The van der Waals surface area contributed by atoms with Crippen LogP contribution in [0.15, 0.2) is 24.3 Å². The molecule has 1 aliphatic heterocycles. The van der Waals surface area contributed by atoms with E-state index >= 15 is 0 Å². The molecule has 4 N–H and O–H groups in total. The Morgan fingerprint density at radius 2 is 1.91 bits per heavy atom. The Kier molecular flexibility index (Phi) is 5.98. The molecule has 3 amide bonds. The van der Waals surface area contributed by atoms with Crippen LogP contribution in [-0.2, 0) is 0 Å². The van der Waals surface area contributed by atoms with E-state index in [1.165, 1.54) is 0 Å². The highest BCUT2D eigenvalue weighted by Gasteiger charge is 2.20. The number of hydrogen-bond donors (Lipinski definition) is 4. The molecule has 0 saturated carbocycles. The summed E-state index contributed by atoms with van der Waals surface area (Å²) in [5.41, 5.74) is 1.26. The minimum atomic E-state index is -0.249. The van der Waals surface area contributed by atoms with E-state index in [1.54, 1.807) is 24.3 Å². The molecule has 2 atom stereocenters. The normalized spacial score (nSPS) is 20.9. The van der Waals surface area contributed by atoms with E-state index < -0.39 is 0 Å². The molecule has 2 rings (SSSR count). The summed E-state index contributed by atoms with van der Waals surface area (Å²) in [6.45, 7) is 6.85. The van der Waals surface area contributed by atoms with E-state index in [1.807, 2.05) is 13.8 Å². The lowest BCUT2D eigenvalue weighted by atomic mass is 10.0. The van der Waals surface area contributed by atoms with Crippen molar-refractivity contribution >= 4 is 17.6 Å². The standard InChI is InChI=1S/C17H26N4O2/c1-11(2)19-17(23)21-14-6-4-13(5-7-14)16(22)20-15-8-9-18-12(3)10-15/h4-7,11-12,15,18H,8-10H2,1-3H3,(H,20,22)(H2,19,21,23). The van der Waals surface area contributed by atoms with Gasteiger partial charge in [0.05, 0.1) is 0 Å². The highest BCUT2D eigenvalue weighted by atomic mass is 16.2. The minimum absolute atomic E-state index is 0.0673. The third-order valence-corrected chi connectivity index (χ3v) is 3.78. The van der Waals surface area contributed by atoms with Crippen LogP contribution >= 0.6 is 0 Å². The van der Waals surface area contributed by atoms with Gasteiger partial charge in [-0.3, -0.25) is 4.79 Å². The molecule has 2 unspecified atom stereocenters. The Balaban J connectivity index is 1.88. The maximum absolute atomic E-state index is 12.3. The van der Waals surface area contributed by atoms with Crippen molar-refractivity contribution in [2.24, 2.45) is 0 Å². The largest absolute Gasteiger partial charge is 0.349 e. The number of hydrogen-bond acceptors (Lipinski definition) is 3. The fourth-order valence-corrected chi connectivity index (χ4v) is 2.67. The van der Waals surface area contributed by atoms with Gasteiger partial charge in [-0.05, 0) is 64.4 Å². The van der Waals surface area contributed by atoms with Crippen molar-refractivity contribution in [3.63, 3.8) is 0 Å². The molecule has 1 aromatic carbocycles. The first-order valence-corrected chi connectivity index (χ1v) is 8.16. The molecular weight excluding hydrogens is 292 g/mol. The van der Waals surface area contributed by atoms with Crippen molar-refractivity contribution in [1.82, 2.24) is 16.0 Å². The summed E-state index contributed by atoms with van der Waals surface area (Å²) in [7, 11) is 0. The predicted molar refractivity (Wildman–Crippen MR) is 91.7 cm³/mol. The molecule has 126 valence electrons. The number of benzene rings is 1. The van der Waals surface area contributed by atoms with Crippen LogP contribution in [0.1, 0.15) is 44.0 Å². The number of rotatable bonds is 4. The Hall–Kier alpha value is -2.08. The highest BCUT2D eigenvalue weighted by molar-refractivity contribution is 5.95.